The zero-order valence-electron chi connectivity index (χ0n) is 16.9. The Bertz CT molecular complexity index is 1350. The van der Waals surface area contributed by atoms with Crippen molar-refractivity contribution in [1.82, 2.24) is 0 Å². The molecule has 9 heteroatoms. The SMILES string of the molecule is Cc1ccc(S(=O)(=O)[O-])c2ccccc12.Cc1ccc(S(=O)(=O)[O-])c2ccccc12.[Ca+2]. The molecule has 0 saturated carbocycles. The summed E-state index contributed by atoms with van der Waals surface area (Å²) in [6.45, 7) is 3.76. The molecule has 6 nitrogen and oxygen atoms in total. The molecule has 4 aromatic carbocycles. The number of benzene rings is 4. The van der Waals surface area contributed by atoms with Gasteiger partial charge >= 0.3 is 37.7 Å². The van der Waals surface area contributed by atoms with Crippen molar-refractivity contribution < 1.29 is 25.9 Å². The van der Waals surface area contributed by atoms with Gasteiger partial charge in [-0.2, -0.15) is 0 Å². The van der Waals surface area contributed by atoms with E-state index in [9.17, 15) is 25.9 Å². The van der Waals surface area contributed by atoms with Gasteiger partial charge in [0, 0.05) is 0 Å². The van der Waals surface area contributed by atoms with Gasteiger partial charge < -0.3 is 9.11 Å². The minimum absolute atomic E-state index is 0. The molecule has 4 aromatic rings. The second-order valence-corrected chi connectivity index (χ2v) is 9.46. The summed E-state index contributed by atoms with van der Waals surface area (Å²) >= 11 is 0. The van der Waals surface area contributed by atoms with Crippen LogP contribution in [0.4, 0.5) is 0 Å². The zero-order valence-corrected chi connectivity index (χ0v) is 20.7. The molecular weight excluding hydrogens is 464 g/mol. The van der Waals surface area contributed by atoms with E-state index in [0.717, 1.165) is 21.9 Å². The Morgan fingerprint density at radius 1 is 0.516 bits per heavy atom. The summed E-state index contributed by atoms with van der Waals surface area (Å²) in [7, 11) is -8.79. The quantitative estimate of drug-likeness (QED) is 0.318. The molecule has 0 fully saturated rings. The number of hydrogen-bond donors (Lipinski definition) is 0. The molecule has 0 amide bonds. The molecule has 0 saturated heterocycles. The molecule has 156 valence electrons. The fourth-order valence-corrected chi connectivity index (χ4v) is 4.64. The van der Waals surface area contributed by atoms with Gasteiger partial charge in [-0.3, -0.25) is 0 Å². The normalized spacial score (nSPS) is 11.5. The van der Waals surface area contributed by atoms with Gasteiger partial charge in [0.2, 0.25) is 0 Å². The number of fused-ring (bicyclic) bond motifs is 2. The van der Waals surface area contributed by atoms with Crippen LogP contribution in [0.15, 0.2) is 82.6 Å². The summed E-state index contributed by atoms with van der Waals surface area (Å²) in [6, 6.07) is 20.0. The van der Waals surface area contributed by atoms with E-state index in [-0.39, 0.29) is 47.5 Å². The van der Waals surface area contributed by atoms with Crippen LogP contribution < -0.4 is 0 Å². The van der Waals surface area contributed by atoms with Crippen LogP contribution in [0.3, 0.4) is 0 Å². The molecule has 0 aromatic heterocycles. The van der Waals surface area contributed by atoms with Crippen LogP contribution in [-0.4, -0.2) is 63.7 Å². The molecule has 0 aliphatic carbocycles. The van der Waals surface area contributed by atoms with Gasteiger partial charge in [-0.05, 0) is 58.7 Å². The van der Waals surface area contributed by atoms with Crippen molar-refractivity contribution in [2.75, 3.05) is 0 Å². The molecule has 0 spiro atoms. The minimum Gasteiger partial charge on any atom is -0.744 e. The Morgan fingerprint density at radius 3 is 1.10 bits per heavy atom. The molecular formula is C22H18CaO6S2. The molecule has 0 bridgehead atoms. The first-order valence-electron chi connectivity index (χ1n) is 8.88. The van der Waals surface area contributed by atoms with Crippen molar-refractivity contribution in [2.24, 2.45) is 0 Å². The van der Waals surface area contributed by atoms with Crippen molar-refractivity contribution in [3.63, 3.8) is 0 Å². The first-order valence-corrected chi connectivity index (χ1v) is 11.7. The van der Waals surface area contributed by atoms with E-state index in [4.69, 9.17) is 0 Å². The first kappa shape index (κ1) is 25.7. The monoisotopic (exact) mass is 482 g/mol. The fraction of sp³-hybridized carbons (Fsp3) is 0.0909. The Hall–Kier alpha value is -1.52. The van der Waals surface area contributed by atoms with Crippen molar-refractivity contribution in [3.05, 3.63) is 83.9 Å². The predicted octanol–water partition coefficient (Wildman–Crippen LogP) is 3.72. The van der Waals surface area contributed by atoms with Crippen molar-refractivity contribution in [3.8, 4) is 0 Å². The van der Waals surface area contributed by atoms with Gasteiger partial charge in [0.05, 0.1) is 9.79 Å². The van der Waals surface area contributed by atoms with E-state index in [1.165, 1.54) is 12.1 Å². The zero-order chi connectivity index (χ0) is 22.1. The summed E-state index contributed by atoms with van der Waals surface area (Å²) in [6.07, 6.45) is 0. The third-order valence-electron chi connectivity index (χ3n) is 4.74. The third kappa shape index (κ3) is 5.84. The molecule has 0 aliphatic heterocycles. The van der Waals surface area contributed by atoms with Gasteiger partial charge in [-0.15, -0.1) is 0 Å². The Kier molecular flexibility index (Phi) is 8.27. The molecule has 0 aliphatic rings. The molecule has 0 N–H and O–H groups in total. The number of rotatable bonds is 2. The predicted molar refractivity (Wildman–Crippen MR) is 119 cm³/mol. The van der Waals surface area contributed by atoms with Gasteiger partial charge in [-0.25, -0.2) is 16.8 Å². The fourth-order valence-electron chi connectivity index (χ4n) is 3.28. The summed E-state index contributed by atoms with van der Waals surface area (Å²) in [5, 5.41) is 2.59. The number of hydrogen-bond acceptors (Lipinski definition) is 6. The summed E-state index contributed by atoms with van der Waals surface area (Å²) in [5.41, 5.74) is 1.91. The van der Waals surface area contributed by atoms with Crippen LogP contribution in [0.2, 0.25) is 0 Å². The van der Waals surface area contributed by atoms with Crippen LogP contribution in [0.25, 0.3) is 21.5 Å². The molecule has 0 unspecified atom stereocenters. The largest absolute Gasteiger partial charge is 2.00 e. The van der Waals surface area contributed by atoms with Crippen LogP contribution in [0.5, 0.6) is 0 Å². The molecule has 4 rings (SSSR count). The van der Waals surface area contributed by atoms with Gasteiger partial charge in [-0.1, -0.05) is 60.7 Å². The third-order valence-corrected chi connectivity index (χ3v) is 6.53. The molecule has 0 atom stereocenters. The summed E-state index contributed by atoms with van der Waals surface area (Å²) < 4.78 is 66.0. The van der Waals surface area contributed by atoms with E-state index < -0.39 is 20.2 Å². The molecule has 31 heavy (non-hydrogen) atoms. The Morgan fingerprint density at radius 2 is 0.806 bits per heavy atom. The minimum atomic E-state index is -4.40. The van der Waals surface area contributed by atoms with Crippen molar-refractivity contribution in [2.45, 2.75) is 23.6 Å². The summed E-state index contributed by atoms with van der Waals surface area (Å²) in [4.78, 5) is -0.299. The standard InChI is InChI=1S/2C11H10O3S.Ca/c2*1-8-6-7-11(15(12,13)14)10-5-3-2-4-9(8)10;/h2*2-7H,1H3,(H,12,13,14);/q;;+2/p-2. The van der Waals surface area contributed by atoms with E-state index >= 15 is 0 Å². The summed E-state index contributed by atoms with van der Waals surface area (Å²) in [5.74, 6) is 0. The smallest absolute Gasteiger partial charge is 0.744 e. The Labute approximate surface area is 211 Å². The Balaban J connectivity index is 0.000000213. The van der Waals surface area contributed by atoms with Gasteiger partial charge in [0.15, 0.2) is 0 Å². The van der Waals surface area contributed by atoms with Crippen LogP contribution in [-0.2, 0) is 20.2 Å². The average molecular weight is 483 g/mol. The molecule has 0 radical (unpaired) electrons. The average Bonchev–Trinajstić information content (AvgIpc) is 2.67. The topological polar surface area (TPSA) is 114 Å². The maximum atomic E-state index is 11.0. The molecule has 0 heterocycles. The van der Waals surface area contributed by atoms with Crippen LogP contribution in [0, 0.1) is 13.8 Å². The van der Waals surface area contributed by atoms with E-state index in [2.05, 4.69) is 0 Å². The van der Waals surface area contributed by atoms with Gasteiger partial charge in [0.1, 0.15) is 20.2 Å². The second kappa shape index (κ2) is 9.95. The van der Waals surface area contributed by atoms with Crippen molar-refractivity contribution in [1.29, 1.82) is 0 Å². The first-order chi connectivity index (χ1) is 14.0. The maximum absolute atomic E-state index is 11.0. The second-order valence-electron chi connectivity index (χ2n) is 6.76. The van der Waals surface area contributed by atoms with Crippen LogP contribution >= 0.6 is 0 Å². The van der Waals surface area contributed by atoms with E-state index in [1.807, 2.05) is 26.0 Å². The van der Waals surface area contributed by atoms with Gasteiger partial charge in [0.25, 0.3) is 0 Å². The maximum Gasteiger partial charge on any atom is 2.00 e. The van der Waals surface area contributed by atoms with E-state index in [1.54, 1.807) is 48.5 Å². The number of aryl methyl sites for hydroxylation is 2. The van der Waals surface area contributed by atoms with E-state index in [0.29, 0.717) is 10.8 Å². The van der Waals surface area contributed by atoms with Crippen LogP contribution in [0.1, 0.15) is 11.1 Å². The van der Waals surface area contributed by atoms with Crippen molar-refractivity contribution >= 4 is 79.5 Å².